The summed E-state index contributed by atoms with van der Waals surface area (Å²) in [6.07, 6.45) is 3.76. The molecule has 0 amide bonds. The van der Waals surface area contributed by atoms with Crippen LogP contribution in [0.3, 0.4) is 0 Å². The number of hydrogen-bond acceptors (Lipinski definition) is 4. The van der Waals surface area contributed by atoms with Crippen LogP contribution >= 0.6 is 0 Å². The van der Waals surface area contributed by atoms with Gasteiger partial charge >= 0.3 is 0 Å². The van der Waals surface area contributed by atoms with Gasteiger partial charge in [-0.2, -0.15) is 0 Å². The normalized spacial score (nSPS) is 12.3. The molecule has 0 radical (unpaired) electrons. The van der Waals surface area contributed by atoms with Crippen molar-refractivity contribution < 1.29 is 19.7 Å². The molecule has 0 bridgehead atoms. The van der Waals surface area contributed by atoms with E-state index in [9.17, 15) is 10.2 Å². The molecule has 0 atom stereocenters. The van der Waals surface area contributed by atoms with Gasteiger partial charge in [0.15, 0.2) is 6.79 Å². The highest BCUT2D eigenvalue weighted by molar-refractivity contribution is 5.07. The van der Waals surface area contributed by atoms with Crippen molar-refractivity contribution in [2.45, 2.75) is 64.6 Å². The van der Waals surface area contributed by atoms with E-state index in [0.717, 1.165) is 31.3 Å². The van der Waals surface area contributed by atoms with Crippen molar-refractivity contribution in [3.05, 3.63) is 24.5 Å². The summed E-state index contributed by atoms with van der Waals surface area (Å²) in [4.78, 5) is 0. The third-order valence-electron chi connectivity index (χ3n) is 3.13. The van der Waals surface area contributed by atoms with Crippen LogP contribution in [0.2, 0.25) is 0 Å². The zero-order valence-corrected chi connectivity index (χ0v) is 13.4. The average molecular weight is 286 g/mol. The SMILES string of the molecule is C=C(CCCCCOCOC(=C)C(C)(C)O)C(C)(C)O. The summed E-state index contributed by atoms with van der Waals surface area (Å²) in [5.74, 6) is 0.305. The van der Waals surface area contributed by atoms with Gasteiger partial charge in [-0.1, -0.05) is 19.6 Å². The Balaban J connectivity index is 3.47. The van der Waals surface area contributed by atoms with Crippen molar-refractivity contribution in [2.75, 3.05) is 13.4 Å². The van der Waals surface area contributed by atoms with Crippen LogP contribution in [0.5, 0.6) is 0 Å². The fourth-order valence-electron chi connectivity index (χ4n) is 1.37. The molecule has 0 aromatic heterocycles. The molecule has 0 aromatic carbocycles. The Hall–Kier alpha value is -0.840. The lowest BCUT2D eigenvalue weighted by molar-refractivity contribution is -0.0582. The Morgan fingerprint density at radius 3 is 2.05 bits per heavy atom. The maximum absolute atomic E-state index is 9.71. The largest absolute Gasteiger partial charge is 0.469 e. The summed E-state index contributed by atoms with van der Waals surface area (Å²) in [6, 6.07) is 0. The van der Waals surface area contributed by atoms with Crippen LogP contribution in [-0.4, -0.2) is 34.8 Å². The van der Waals surface area contributed by atoms with Crippen molar-refractivity contribution in [2.24, 2.45) is 0 Å². The van der Waals surface area contributed by atoms with Crippen molar-refractivity contribution in [1.29, 1.82) is 0 Å². The molecule has 0 aromatic rings. The van der Waals surface area contributed by atoms with E-state index < -0.39 is 11.2 Å². The van der Waals surface area contributed by atoms with E-state index in [1.54, 1.807) is 27.7 Å². The topological polar surface area (TPSA) is 58.9 Å². The first-order valence-electron chi connectivity index (χ1n) is 7.08. The zero-order valence-electron chi connectivity index (χ0n) is 13.4. The second-order valence-electron chi connectivity index (χ2n) is 6.13. The quantitative estimate of drug-likeness (QED) is 0.265. The van der Waals surface area contributed by atoms with Crippen LogP contribution in [0.1, 0.15) is 53.4 Å². The Labute approximate surface area is 123 Å². The molecule has 0 aliphatic carbocycles. The smallest absolute Gasteiger partial charge is 0.188 e. The van der Waals surface area contributed by atoms with Gasteiger partial charge in [-0.25, -0.2) is 0 Å². The van der Waals surface area contributed by atoms with E-state index in [0.29, 0.717) is 12.4 Å². The van der Waals surface area contributed by atoms with E-state index in [4.69, 9.17) is 9.47 Å². The molecule has 4 heteroatoms. The molecule has 0 saturated carbocycles. The zero-order chi connectivity index (χ0) is 15.8. The van der Waals surface area contributed by atoms with Gasteiger partial charge in [-0.3, -0.25) is 0 Å². The maximum atomic E-state index is 9.71. The summed E-state index contributed by atoms with van der Waals surface area (Å²) in [6.45, 7) is 15.0. The number of aliphatic hydroxyl groups is 2. The summed E-state index contributed by atoms with van der Waals surface area (Å²) >= 11 is 0. The first-order valence-corrected chi connectivity index (χ1v) is 7.08. The Morgan fingerprint density at radius 1 is 0.950 bits per heavy atom. The molecule has 0 saturated heterocycles. The fourth-order valence-corrected chi connectivity index (χ4v) is 1.37. The van der Waals surface area contributed by atoms with Crippen LogP contribution < -0.4 is 0 Å². The van der Waals surface area contributed by atoms with Gasteiger partial charge in [-0.05, 0) is 52.5 Å². The van der Waals surface area contributed by atoms with Crippen LogP contribution in [0.25, 0.3) is 0 Å². The molecule has 2 N–H and O–H groups in total. The second kappa shape index (κ2) is 8.45. The molecule has 118 valence electrons. The molecular formula is C16H30O4. The summed E-state index contributed by atoms with van der Waals surface area (Å²) in [7, 11) is 0. The third-order valence-corrected chi connectivity index (χ3v) is 3.13. The summed E-state index contributed by atoms with van der Waals surface area (Å²) < 4.78 is 10.5. The molecule has 0 unspecified atom stereocenters. The van der Waals surface area contributed by atoms with Gasteiger partial charge in [0.25, 0.3) is 0 Å². The lowest BCUT2D eigenvalue weighted by atomic mass is 9.95. The predicted octanol–water partition coefficient (Wildman–Crippen LogP) is 3.15. The van der Waals surface area contributed by atoms with Crippen molar-refractivity contribution in [3.8, 4) is 0 Å². The molecule has 0 heterocycles. The lowest BCUT2D eigenvalue weighted by Crippen LogP contribution is -2.23. The molecule has 0 fully saturated rings. The minimum absolute atomic E-state index is 0.110. The number of hydrogen-bond donors (Lipinski definition) is 2. The van der Waals surface area contributed by atoms with E-state index in [-0.39, 0.29) is 6.79 Å². The molecule has 0 aliphatic heterocycles. The van der Waals surface area contributed by atoms with Crippen LogP contribution in [-0.2, 0) is 9.47 Å². The summed E-state index contributed by atoms with van der Waals surface area (Å²) in [5, 5.41) is 19.3. The van der Waals surface area contributed by atoms with Gasteiger partial charge < -0.3 is 19.7 Å². The molecule has 0 spiro atoms. The Bertz CT molecular complexity index is 275. The van der Waals surface area contributed by atoms with Crippen molar-refractivity contribution in [3.63, 3.8) is 0 Å². The molecule has 0 rings (SSSR count). The Kier molecular flexibility index (Phi) is 8.09. The average Bonchev–Trinajstić information content (AvgIpc) is 2.29. The standard InChI is InChI=1S/C16H30O4/c1-13(15(3,4)17)10-8-7-9-11-19-12-20-14(2)16(5,6)18/h17-18H,1-2,7-12H2,3-6H3. The Morgan fingerprint density at radius 2 is 1.55 bits per heavy atom. The van der Waals surface area contributed by atoms with Crippen molar-refractivity contribution in [1.82, 2.24) is 0 Å². The van der Waals surface area contributed by atoms with Gasteiger partial charge in [-0.15, -0.1) is 0 Å². The predicted molar refractivity (Wildman–Crippen MR) is 81.2 cm³/mol. The maximum Gasteiger partial charge on any atom is 0.188 e. The van der Waals surface area contributed by atoms with E-state index >= 15 is 0 Å². The first-order chi connectivity index (χ1) is 9.05. The minimum atomic E-state index is -1.04. The lowest BCUT2D eigenvalue weighted by Gasteiger charge is -2.21. The fraction of sp³-hybridized carbons (Fsp3) is 0.750. The van der Waals surface area contributed by atoms with E-state index in [2.05, 4.69) is 13.2 Å². The van der Waals surface area contributed by atoms with Crippen LogP contribution in [0, 0.1) is 0 Å². The molecular weight excluding hydrogens is 256 g/mol. The highest BCUT2D eigenvalue weighted by atomic mass is 16.7. The van der Waals surface area contributed by atoms with Gasteiger partial charge in [0.05, 0.1) is 12.2 Å². The van der Waals surface area contributed by atoms with Crippen LogP contribution in [0.15, 0.2) is 24.5 Å². The van der Waals surface area contributed by atoms with E-state index in [1.165, 1.54) is 0 Å². The molecule has 0 aliphatic rings. The van der Waals surface area contributed by atoms with Crippen molar-refractivity contribution >= 4 is 0 Å². The second-order valence-corrected chi connectivity index (χ2v) is 6.13. The first kappa shape index (κ1) is 19.2. The van der Waals surface area contributed by atoms with Gasteiger partial charge in [0.1, 0.15) is 11.4 Å². The highest BCUT2D eigenvalue weighted by Gasteiger charge is 2.18. The highest BCUT2D eigenvalue weighted by Crippen LogP contribution is 2.19. The van der Waals surface area contributed by atoms with Crippen LogP contribution in [0.4, 0.5) is 0 Å². The minimum Gasteiger partial charge on any atom is -0.469 e. The monoisotopic (exact) mass is 286 g/mol. The molecule has 20 heavy (non-hydrogen) atoms. The van der Waals surface area contributed by atoms with Gasteiger partial charge in [0, 0.05) is 0 Å². The number of unbranched alkanes of at least 4 members (excludes halogenated alkanes) is 2. The third kappa shape index (κ3) is 9.13. The summed E-state index contributed by atoms with van der Waals surface area (Å²) in [5.41, 5.74) is -0.967. The molecule has 4 nitrogen and oxygen atoms in total. The number of rotatable bonds is 11. The number of ether oxygens (including phenoxy) is 2. The van der Waals surface area contributed by atoms with Gasteiger partial charge in [0.2, 0.25) is 0 Å². The van der Waals surface area contributed by atoms with E-state index in [1.807, 2.05) is 0 Å².